The Kier molecular flexibility index (Phi) is 6.30. The SMILES string of the molecule is CCNC(=NCC1CN(C)CCN1C)N1CCCC(C)C1. The lowest BCUT2D eigenvalue weighted by Crippen LogP contribution is -2.52. The number of aliphatic imine (C=N–C) groups is 1. The van der Waals surface area contributed by atoms with Crippen molar-refractivity contribution in [1.82, 2.24) is 20.0 Å². The molecule has 0 aromatic heterocycles. The zero-order valence-corrected chi connectivity index (χ0v) is 14.3. The quantitative estimate of drug-likeness (QED) is 0.620. The fraction of sp³-hybridized carbons (Fsp3) is 0.938. The Morgan fingerprint density at radius 3 is 2.71 bits per heavy atom. The summed E-state index contributed by atoms with van der Waals surface area (Å²) in [6.45, 7) is 12.1. The van der Waals surface area contributed by atoms with Crippen LogP contribution in [0.15, 0.2) is 4.99 Å². The molecule has 5 nitrogen and oxygen atoms in total. The van der Waals surface area contributed by atoms with Crippen LogP contribution < -0.4 is 5.32 Å². The van der Waals surface area contributed by atoms with Crippen molar-refractivity contribution >= 4 is 5.96 Å². The van der Waals surface area contributed by atoms with Crippen LogP contribution in [0.3, 0.4) is 0 Å². The van der Waals surface area contributed by atoms with E-state index in [1.54, 1.807) is 0 Å². The molecule has 0 aromatic carbocycles. The number of likely N-dealkylation sites (N-methyl/N-ethyl adjacent to an activating group) is 2. The van der Waals surface area contributed by atoms with E-state index in [0.29, 0.717) is 6.04 Å². The maximum atomic E-state index is 4.94. The molecule has 0 bridgehead atoms. The van der Waals surface area contributed by atoms with E-state index in [-0.39, 0.29) is 0 Å². The van der Waals surface area contributed by atoms with Crippen molar-refractivity contribution in [2.24, 2.45) is 10.9 Å². The summed E-state index contributed by atoms with van der Waals surface area (Å²) >= 11 is 0. The minimum atomic E-state index is 0.541. The summed E-state index contributed by atoms with van der Waals surface area (Å²) in [5.74, 6) is 1.90. The number of hydrogen-bond acceptors (Lipinski definition) is 3. The largest absolute Gasteiger partial charge is 0.357 e. The second kappa shape index (κ2) is 7.99. The number of hydrogen-bond donors (Lipinski definition) is 1. The van der Waals surface area contributed by atoms with E-state index in [2.05, 4.69) is 48.0 Å². The van der Waals surface area contributed by atoms with Gasteiger partial charge in [0.25, 0.3) is 0 Å². The molecule has 2 aliphatic rings. The Bertz CT molecular complexity index is 344. The molecular formula is C16H33N5. The Morgan fingerprint density at radius 1 is 1.19 bits per heavy atom. The van der Waals surface area contributed by atoms with E-state index < -0.39 is 0 Å². The van der Waals surface area contributed by atoms with E-state index >= 15 is 0 Å². The fourth-order valence-corrected chi connectivity index (χ4v) is 3.30. The van der Waals surface area contributed by atoms with Crippen LogP contribution in [0.25, 0.3) is 0 Å². The van der Waals surface area contributed by atoms with E-state index in [9.17, 15) is 0 Å². The topological polar surface area (TPSA) is 34.1 Å². The summed E-state index contributed by atoms with van der Waals surface area (Å²) in [7, 11) is 4.43. The van der Waals surface area contributed by atoms with Crippen molar-refractivity contribution in [2.75, 3.05) is 59.9 Å². The minimum absolute atomic E-state index is 0.541. The highest BCUT2D eigenvalue weighted by Gasteiger charge is 2.23. The monoisotopic (exact) mass is 295 g/mol. The molecule has 0 radical (unpaired) electrons. The fourth-order valence-electron chi connectivity index (χ4n) is 3.30. The standard InChI is InChI=1S/C16H33N5/c1-5-17-16(21-8-6-7-14(2)12-21)18-11-15-13-19(3)9-10-20(15)4/h14-15H,5-13H2,1-4H3,(H,17,18). The summed E-state index contributed by atoms with van der Waals surface area (Å²) in [6, 6.07) is 0.541. The van der Waals surface area contributed by atoms with Gasteiger partial charge in [-0.05, 0) is 39.8 Å². The Hall–Kier alpha value is -0.810. The summed E-state index contributed by atoms with van der Waals surface area (Å²) in [5, 5.41) is 3.48. The number of nitrogens with zero attached hydrogens (tertiary/aromatic N) is 4. The van der Waals surface area contributed by atoms with E-state index in [1.165, 1.54) is 19.4 Å². The molecule has 0 amide bonds. The first-order valence-corrected chi connectivity index (χ1v) is 8.52. The Morgan fingerprint density at radius 2 is 2.00 bits per heavy atom. The maximum absolute atomic E-state index is 4.94. The van der Waals surface area contributed by atoms with Crippen molar-refractivity contribution in [1.29, 1.82) is 0 Å². The Labute approximate surface area is 130 Å². The number of rotatable bonds is 3. The molecule has 2 heterocycles. The van der Waals surface area contributed by atoms with Gasteiger partial charge in [-0.25, -0.2) is 0 Å². The predicted molar refractivity (Wildman–Crippen MR) is 89.9 cm³/mol. The predicted octanol–water partition coefficient (Wildman–Crippen LogP) is 0.930. The number of piperazine rings is 1. The molecule has 2 rings (SSSR count). The molecule has 21 heavy (non-hydrogen) atoms. The van der Waals surface area contributed by atoms with Crippen LogP contribution in [-0.2, 0) is 0 Å². The smallest absolute Gasteiger partial charge is 0.193 e. The van der Waals surface area contributed by atoms with Gasteiger partial charge in [-0.3, -0.25) is 9.89 Å². The first-order valence-electron chi connectivity index (χ1n) is 8.52. The van der Waals surface area contributed by atoms with Crippen molar-refractivity contribution in [3.63, 3.8) is 0 Å². The molecule has 2 unspecified atom stereocenters. The van der Waals surface area contributed by atoms with Gasteiger partial charge in [0.05, 0.1) is 6.54 Å². The number of guanidine groups is 1. The van der Waals surface area contributed by atoms with E-state index in [1.807, 2.05) is 0 Å². The van der Waals surface area contributed by atoms with Gasteiger partial charge in [-0.1, -0.05) is 6.92 Å². The van der Waals surface area contributed by atoms with Gasteiger partial charge in [0, 0.05) is 45.3 Å². The molecule has 122 valence electrons. The summed E-state index contributed by atoms with van der Waals surface area (Å²) in [4.78, 5) is 12.3. The third-order valence-corrected chi connectivity index (χ3v) is 4.72. The third kappa shape index (κ3) is 4.85. The van der Waals surface area contributed by atoms with Crippen LogP contribution in [-0.4, -0.2) is 86.6 Å². The van der Waals surface area contributed by atoms with Crippen LogP contribution in [0, 0.1) is 5.92 Å². The lowest BCUT2D eigenvalue weighted by atomic mass is 10.0. The van der Waals surface area contributed by atoms with Gasteiger partial charge in [0.1, 0.15) is 0 Å². The van der Waals surface area contributed by atoms with Crippen molar-refractivity contribution in [3.8, 4) is 0 Å². The summed E-state index contributed by atoms with van der Waals surface area (Å²) < 4.78 is 0. The minimum Gasteiger partial charge on any atom is -0.357 e. The molecule has 1 N–H and O–H groups in total. The van der Waals surface area contributed by atoms with E-state index in [4.69, 9.17) is 4.99 Å². The van der Waals surface area contributed by atoms with E-state index in [0.717, 1.165) is 51.1 Å². The average Bonchev–Trinajstić information content (AvgIpc) is 2.46. The zero-order valence-electron chi connectivity index (χ0n) is 14.3. The van der Waals surface area contributed by atoms with Gasteiger partial charge >= 0.3 is 0 Å². The number of piperidine rings is 1. The highest BCUT2D eigenvalue weighted by atomic mass is 15.3. The summed E-state index contributed by atoms with van der Waals surface area (Å²) in [5.41, 5.74) is 0. The molecule has 0 saturated carbocycles. The molecule has 2 saturated heterocycles. The molecule has 2 aliphatic heterocycles. The molecular weight excluding hydrogens is 262 g/mol. The lowest BCUT2D eigenvalue weighted by Gasteiger charge is -2.38. The van der Waals surface area contributed by atoms with Crippen LogP contribution in [0.1, 0.15) is 26.7 Å². The number of likely N-dealkylation sites (tertiary alicyclic amines) is 1. The molecule has 5 heteroatoms. The molecule has 0 aromatic rings. The molecule has 0 aliphatic carbocycles. The lowest BCUT2D eigenvalue weighted by molar-refractivity contribution is 0.119. The maximum Gasteiger partial charge on any atom is 0.193 e. The van der Waals surface area contributed by atoms with Crippen molar-refractivity contribution < 1.29 is 0 Å². The van der Waals surface area contributed by atoms with Gasteiger partial charge in [-0.15, -0.1) is 0 Å². The molecule has 2 atom stereocenters. The second-order valence-corrected chi connectivity index (χ2v) is 6.78. The first kappa shape index (κ1) is 16.6. The van der Waals surface area contributed by atoms with Gasteiger partial charge in [0.15, 0.2) is 5.96 Å². The van der Waals surface area contributed by atoms with Gasteiger partial charge in [0.2, 0.25) is 0 Å². The average molecular weight is 295 g/mol. The van der Waals surface area contributed by atoms with Crippen LogP contribution in [0.4, 0.5) is 0 Å². The van der Waals surface area contributed by atoms with Crippen LogP contribution in [0.5, 0.6) is 0 Å². The van der Waals surface area contributed by atoms with Crippen LogP contribution in [0.2, 0.25) is 0 Å². The zero-order chi connectivity index (χ0) is 15.2. The van der Waals surface area contributed by atoms with Crippen molar-refractivity contribution in [3.05, 3.63) is 0 Å². The Balaban J connectivity index is 1.96. The number of nitrogens with one attached hydrogen (secondary N) is 1. The highest BCUT2D eigenvalue weighted by molar-refractivity contribution is 5.80. The van der Waals surface area contributed by atoms with Gasteiger partial charge < -0.3 is 15.1 Å². The second-order valence-electron chi connectivity index (χ2n) is 6.78. The highest BCUT2D eigenvalue weighted by Crippen LogP contribution is 2.15. The normalized spacial score (nSPS) is 29.7. The third-order valence-electron chi connectivity index (χ3n) is 4.72. The van der Waals surface area contributed by atoms with Gasteiger partial charge in [-0.2, -0.15) is 0 Å². The summed E-state index contributed by atoms with van der Waals surface area (Å²) in [6.07, 6.45) is 2.64. The van der Waals surface area contributed by atoms with Crippen molar-refractivity contribution in [2.45, 2.75) is 32.7 Å². The first-order chi connectivity index (χ1) is 10.1. The molecule has 2 fully saturated rings. The van der Waals surface area contributed by atoms with Crippen LogP contribution >= 0.6 is 0 Å². The molecule has 0 spiro atoms.